The molecule has 2 rings (SSSR count). The zero-order chi connectivity index (χ0) is 15.4. The van der Waals surface area contributed by atoms with Crippen LogP contribution in [0, 0.1) is 12.7 Å². The van der Waals surface area contributed by atoms with Gasteiger partial charge >= 0.3 is 0 Å². The summed E-state index contributed by atoms with van der Waals surface area (Å²) in [7, 11) is 0. The largest absolute Gasteiger partial charge is 0.366 e. The topological polar surface area (TPSA) is 55.1 Å². The van der Waals surface area contributed by atoms with Crippen LogP contribution < -0.4 is 11.1 Å². The lowest BCUT2D eigenvalue weighted by Crippen LogP contribution is -2.19. The van der Waals surface area contributed by atoms with Crippen LogP contribution in [0.15, 0.2) is 42.5 Å². The third-order valence-electron chi connectivity index (χ3n) is 3.51. The number of aryl methyl sites for hydroxylation is 1. The smallest absolute Gasteiger partial charge is 0.248 e. The summed E-state index contributed by atoms with van der Waals surface area (Å²) in [6.45, 7) is 4.46. The monoisotopic (exact) mass is 286 g/mol. The minimum Gasteiger partial charge on any atom is -0.366 e. The average molecular weight is 286 g/mol. The van der Waals surface area contributed by atoms with Crippen LogP contribution in [-0.4, -0.2) is 5.91 Å². The van der Waals surface area contributed by atoms with Crippen LogP contribution in [0.25, 0.3) is 0 Å². The molecule has 0 heterocycles. The average Bonchev–Trinajstić information content (AvgIpc) is 2.46. The van der Waals surface area contributed by atoms with E-state index < -0.39 is 11.7 Å². The van der Waals surface area contributed by atoms with Crippen LogP contribution >= 0.6 is 0 Å². The molecule has 0 radical (unpaired) electrons. The molecule has 0 saturated heterocycles. The highest BCUT2D eigenvalue weighted by Crippen LogP contribution is 2.15. The molecule has 3 nitrogen and oxygen atoms in total. The van der Waals surface area contributed by atoms with E-state index in [2.05, 4.69) is 29.6 Å². The highest BCUT2D eigenvalue weighted by atomic mass is 19.1. The van der Waals surface area contributed by atoms with Gasteiger partial charge in [0.05, 0.1) is 0 Å². The summed E-state index contributed by atoms with van der Waals surface area (Å²) in [5.74, 6) is -1.05. The Hall–Kier alpha value is -2.20. The Morgan fingerprint density at radius 2 is 1.90 bits per heavy atom. The highest BCUT2D eigenvalue weighted by molar-refractivity contribution is 5.92. The zero-order valence-corrected chi connectivity index (χ0v) is 12.2. The predicted octanol–water partition coefficient (Wildman–Crippen LogP) is 3.08. The van der Waals surface area contributed by atoms with E-state index >= 15 is 0 Å². The van der Waals surface area contributed by atoms with E-state index in [-0.39, 0.29) is 11.6 Å². The highest BCUT2D eigenvalue weighted by Gasteiger charge is 2.09. The molecule has 0 spiro atoms. The lowest BCUT2D eigenvalue weighted by molar-refractivity contribution is 0.1000. The number of amides is 1. The van der Waals surface area contributed by atoms with Gasteiger partial charge in [-0.15, -0.1) is 0 Å². The van der Waals surface area contributed by atoms with Crippen molar-refractivity contribution in [2.45, 2.75) is 26.4 Å². The number of benzene rings is 2. The first-order chi connectivity index (χ1) is 9.97. The van der Waals surface area contributed by atoms with Gasteiger partial charge in [0, 0.05) is 23.7 Å². The van der Waals surface area contributed by atoms with Crippen LogP contribution in [0.2, 0.25) is 0 Å². The number of primary amides is 1. The SMILES string of the molecule is Cc1ccc([C@H](C)NCc2ccc(C(N)=O)cc2F)cc1. The van der Waals surface area contributed by atoms with Crippen molar-refractivity contribution in [3.63, 3.8) is 0 Å². The lowest BCUT2D eigenvalue weighted by Gasteiger charge is -2.15. The summed E-state index contributed by atoms with van der Waals surface area (Å²) in [6, 6.07) is 12.6. The molecule has 4 heteroatoms. The normalized spacial score (nSPS) is 12.1. The molecule has 0 aliphatic rings. The summed E-state index contributed by atoms with van der Waals surface area (Å²) in [5, 5.41) is 3.27. The van der Waals surface area contributed by atoms with Crippen LogP contribution in [0.4, 0.5) is 4.39 Å². The second kappa shape index (κ2) is 6.50. The Morgan fingerprint density at radius 1 is 1.24 bits per heavy atom. The van der Waals surface area contributed by atoms with Crippen LogP contribution in [0.3, 0.4) is 0 Å². The molecular weight excluding hydrogens is 267 g/mol. The first-order valence-electron chi connectivity index (χ1n) is 6.85. The van der Waals surface area contributed by atoms with Gasteiger partial charge in [-0.25, -0.2) is 4.39 Å². The fraction of sp³-hybridized carbons (Fsp3) is 0.235. The first-order valence-corrected chi connectivity index (χ1v) is 6.85. The molecule has 3 N–H and O–H groups in total. The number of hydrogen-bond donors (Lipinski definition) is 2. The predicted molar refractivity (Wildman–Crippen MR) is 81.4 cm³/mol. The van der Waals surface area contributed by atoms with Gasteiger partial charge in [0.2, 0.25) is 5.91 Å². The summed E-state index contributed by atoms with van der Waals surface area (Å²) in [5.41, 5.74) is 8.17. The minimum atomic E-state index is -0.624. The fourth-order valence-corrected chi connectivity index (χ4v) is 2.08. The van der Waals surface area contributed by atoms with E-state index in [9.17, 15) is 9.18 Å². The molecule has 1 atom stereocenters. The van der Waals surface area contributed by atoms with Crippen molar-refractivity contribution >= 4 is 5.91 Å². The van der Waals surface area contributed by atoms with Gasteiger partial charge in [-0.1, -0.05) is 35.9 Å². The van der Waals surface area contributed by atoms with Crippen LogP contribution in [-0.2, 0) is 6.54 Å². The first kappa shape index (κ1) is 15.2. The second-order valence-corrected chi connectivity index (χ2v) is 5.18. The Labute approximate surface area is 124 Å². The van der Waals surface area contributed by atoms with Crippen molar-refractivity contribution in [2.75, 3.05) is 0 Å². The number of nitrogens with one attached hydrogen (secondary N) is 1. The quantitative estimate of drug-likeness (QED) is 0.887. The number of rotatable bonds is 5. The maximum atomic E-state index is 13.9. The fourth-order valence-electron chi connectivity index (χ4n) is 2.08. The van der Waals surface area contributed by atoms with Crippen molar-refractivity contribution < 1.29 is 9.18 Å². The molecule has 2 aromatic carbocycles. The number of carbonyl (C=O) groups is 1. The van der Waals surface area contributed by atoms with Crippen molar-refractivity contribution in [1.29, 1.82) is 0 Å². The zero-order valence-electron chi connectivity index (χ0n) is 12.2. The van der Waals surface area contributed by atoms with Gasteiger partial charge in [0.25, 0.3) is 0 Å². The van der Waals surface area contributed by atoms with Crippen LogP contribution in [0.5, 0.6) is 0 Å². The molecule has 0 bridgehead atoms. The second-order valence-electron chi connectivity index (χ2n) is 5.18. The lowest BCUT2D eigenvalue weighted by atomic mass is 10.1. The van der Waals surface area contributed by atoms with E-state index in [4.69, 9.17) is 5.73 Å². The van der Waals surface area contributed by atoms with E-state index in [1.165, 1.54) is 11.6 Å². The maximum Gasteiger partial charge on any atom is 0.248 e. The van der Waals surface area contributed by atoms with Crippen molar-refractivity contribution in [2.24, 2.45) is 5.73 Å². The van der Waals surface area contributed by atoms with E-state index in [1.807, 2.05) is 13.8 Å². The Balaban J connectivity index is 2.02. The molecule has 0 aliphatic heterocycles. The number of carbonyl (C=O) groups excluding carboxylic acids is 1. The molecule has 0 aromatic heterocycles. The van der Waals surface area contributed by atoms with Crippen molar-refractivity contribution in [3.8, 4) is 0 Å². The summed E-state index contributed by atoms with van der Waals surface area (Å²) >= 11 is 0. The molecule has 0 aliphatic carbocycles. The molecule has 0 saturated carbocycles. The van der Waals surface area contributed by atoms with Gasteiger partial charge in [-0.05, 0) is 31.5 Å². The minimum absolute atomic E-state index is 0.112. The molecular formula is C17H19FN2O. The van der Waals surface area contributed by atoms with Gasteiger partial charge in [-0.2, -0.15) is 0 Å². The number of halogens is 1. The summed E-state index contributed by atoms with van der Waals surface area (Å²) in [4.78, 5) is 11.0. The Morgan fingerprint density at radius 3 is 2.48 bits per heavy atom. The Bertz CT molecular complexity index is 638. The van der Waals surface area contributed by atoms with E-state index in [1.54, 1.807) is 12.1 Å². The van der Waals surface area contributed by atoms with Crippen molar-refractivity contribution in [3.05, 3.63) is 70.5 Å². The molecule has 110 valence electrons. The third kappa shape index (κ3) is 3.89. The standard InChI is InChI=1S/C17H19FN2O/c1-11-3-5-13(6-4-11)12(2)20-10-15-8-7-14(17(19)21)9-16(15)18/h3-9,12,20H,10H2,1-2H3,(H2,19,21)/t12-/m0/s1. The molecule has 21 heavy (non-hydrogen) atoms. The maximum absolute atomic E-state index is 13.9. The summed E-state index contributed by atoms with van der Waals surface area (Å²) < 4.78 is 13.9. The third-order valence-corrected chi connectivity index (χ3v) is 3.51. The molecule has 0 unspecified atom stereocenters. The van der Waals surface area contributed by atoms with Crippen LogP contribution in [0.1, 0.15) is 40.0 Å². The van der Waals surface area contributed by atoms with Gasteiger partial charge in [-0.3, -0.25) is 4.79 Å². The van der Waals surface area contributed by atoms with E-state index in [0.29, 0.717) is 12.1 Å². The molecule has 2 aromatic rings. The van der Waals surface area contributed by atoms with Crippen molar-refractivity contribution in [1.82, 2.24) is 5.32 Å². The molecule has 1 amide bonds. The number of hydrogen-bond acceptors (Lipinski definition) is 2. The van der Waals surface area contributed by atoms with Gasteiger partial charge < -0.3 is 11.1 Å². The number of nitrogens with two attached hydrogens (primary N) is 1. The Kier molecular flexibility index (Phi) is 4.70. The summed E-state index contributed by atoms with van der Waals surface area (Å²) in [6.07, 6.45) is 0. The van der Waals surface area contributed by atoms with Gasteiger partial charge in [0.1, 0.15) is 5.82 Å². The van der Waals surface area contributed by atoms with Gasteiger partial charge in [0.15, 0.2) is 0 Å². The van der Waals surface area contributed by atoms with E-state index in [0.717, 1.165) is 5.56 Å². The molecule has 0 fully saturated rings.